The molecular weight excluding hydrogens is 294 g/mol. The lowest BCUT2D eigenvalue weighted by Gasteiger charge is -2.09. The highest BCUT2D eigenvalue weighted by Crippen LogP contribution is 2.19. The maximum absolute atomic E-state index is 11.8. The van der Waals surface area contributed by atoms with E-state index < -0.39 is 9.84 Å². The Morgan fingerprint density at radius 2 is 2.05 bits per heavy atom. The van der Waals surface area contributed by atoms with Crippen molar-refractivity contribution >= 4 is 27.5 Å². The highest BCUT2D eigenvalue weighted by atomic mass is 32.2. The molecule has 1 aliphatic rings. The number of carbonyl (C=O) groups is 1. The first kappa shape index (κ1) is 15.4. The summed E-state index contributed by atoms with van der Waals surface area (Å²) in [6.07, 6.45) is 0.458. The quantitative estimate of drug-likeness (QED) is 0.663. The van der Waals surface area contributed by atoms with Gasteiger partial charge in [-0.2, -0.15) is 0 Å². The van der Waals surface area contributed by atoms with E-state index in [0.29, 0.717) is 13.0 Å². The van der Waals surface area contributed by atoms with Crippen molar-refractivity contribution in [2.75, 3.05) is 23.8 Å². The van der Waals surface area contributed by atoms with Crippen molar-refractivity contribution in [1.29, 1.82) is 0 Å². The molecular formula is C14H19NO3S2. The van der Waals surface area contributed by atoms with Gasteiger partial charge in [0.25, 0.3) is 0 Å². The van der Waals surface area contributed by atoms with E-state index in [1.54, 1.807) is 11.8 Å². The molecule has 1 unspecified atom stereocenters. The van der Waals surface area contributed by atoms with E-state index >= 15 is 0 Å². The smallest absolute Gasteiger partial charge is 0.224 e. The summed E-state index contributed by atoms with van der Waals surface area (Å²) in [5.74, 6) is 0.446. The Kier molecular flexibility index (Phi) is 5.10. The molecule has 1 atom stereocenters. The van der Waals surface area contributed by atoms with E-state index in [4.69, 9.17) is 0 Å². The van der Waals surface area contributed by atoms with Crippen molar-refractivity contribution in [2.24, 2.45) is 5.92 Å². The summed E-state index contributed by atoms with van der Waals surface area (Å²) in [6.45, 7) is 2.61. The minimum Gasteiger partial charge on any atom is -0.355 e. The number of benzene rings is 1. The van der Waals surface area contributed by atoms with Crippen molar-refractivity contribution in [1.82, 2.24) is 5.32 Å². The van der Waals surface area contributed by atoms with Crippen LogP contribution in [0.4, 0.5) is 0 Å². The molecule has 0 aliphatic carbocycles. The number of hydrogen-bond acceptors (Lipinski definition) is 4. The van der Waals surface area contributed by atoms with Gasteiger partial charge in [-0.05, 0) is 25.5 Å². The number of sulfone groups is 1. The van der Waals surface area contributed by atoms with Gasteiger partial charge in [0.1, 0.15) is 0 Å². The summed E-state index contributed by atoms with van der Waals surface area (Å²) in [5.41, 5.74) is 1.23. The number of carbonyl (C=O) groups excluding carboxylic acids is 1. The Hall–Kier alpha value is -1.01. The molecule has 0 radical (unpaired) electrons. The van der Waals surface area contributed by atoms with Crippen LogP contribution in [0.3, 0.4) is 0 Å². The molecule has 1 aromatic rings. The number of rotatable bonds is 5. The summed E-state index contributed by atoms with van der Waals surface area (Å²) in [6, 6.07) is 8.24. The maximum atomic E-state index is 11.8. The van der Waals surface area contributed by atoms with Crippen LogP contribution in [0, 0.1) is 12.8 Å². The van der Waals surface area contributed by atoms with Crippen LogP contribution in [0.1, 0.15) is 12.0 Å². The van der Waals surface area contributed by atoms with Gasteiger partial charge in [-0.25, -0.2) is 8.42 Å². The third kappa shape index (κ3) is 4.52. The molecule has 1 aromatic carbocycles. The topological polar surface area (TPSA) is 63.2 Å². The van der Waals surface area contributed by atoms with Gasteiger partial charge in [-0.15, -0.1) is 11.8 Å². The molecule has 1 N–H and O–H groups in total. The highest BCUT2D eigenvalue weighted by Gasteiger charge is 2.32. The predicted molar refractivity (Wildman–Crippen MR) is 81.7 cm³/mol. The van der Waals surface area contributed by atoms with Gasteiger partial charge in [-0.3, -0.25) is 4.79 Å². The van der Waals surface area contributed by atoms with Gasteiger partial charge in [0.05, 0.1) is 17.4 Å². The van der Waals surface area contributed by atoms with Crippen LogP contribution in [-0.4, -0.2) is 38.1 Å². The second kappa shape index (κ2) is 6.63. The lowest BCUT2D eigenvalue weighted by molar-refractivity contribution is -0.124. The summed E-state index contributed by atoms with van der Waals surface area (Å²) in [5, 5.41) is 2.82. The molecule has 1 heterocycles. The van der Waals surface area contributed by atoms with Gasteiger partial charge in [0.15, 0.2) is 9.84 Å². The normalized spacial score (nSPS) is 20.8. The third-order valence-corrected chi connectivity index (χ3v) is 6.08. The van der Waals surface area contributed by atoms with E-state index in [1.807, 2.05) is 6.92 Å². The summed E-state index contributed by atoms with van der Waals surface area (Å²) in [7, 11) is -2.98. The molecule has 4 nitrogen and oxygen atoms in total. The zero-order valence-electron chi connectivity index (χ0n) is 11.5. The fourth-order valence-corrected chi connectivity index (χ4v) is 4.63. The molecule has 1 aliphatic heterocycles. The SMILES string of the molecule is Cc1ccc(SCCNC(=O)C2CCS(=O)(=O)C2)cc1. The Bertz CT molecular complexity index is 567. The molecule has 110 valence electrons. The minimum absolute atomic E-state index is 0.00391. The van der Waals surface area contributed by atoms with E-state index in [9.17, 15) is 13.2 Å². The largest absolute Gasteiger partial charge is 0.355 e. The van der Waals surface area contributed by atoms with Crippen molar-refractivity contribution in [3.8, 4) is 0 Å². The van der Waals surface area contributed by atoms with Crippen LogP contribution in [0.5, 0.6) is 0 Å². The monoisotopic (exact) mass is 313 g/mol. The van der Waals surface area contributed by atoms with Gasteiger partial charge in [-0.1, -0.05) is 17.7 Å². The van der Waals surface area contributed by atoms with Crippen molar-refractivity contribution < 1.29 is 13.2 Å². The molecule has 20 heavy (non-hydrogen) atoms. The molecule has 0 bridgehead atoms. The predicted octanol–water partition coefficient (Wildman–Crippen LogP) is 1.64. The van der Waals surface area contributed by atoms with Crippen LogP contribution in [0.15, 0.2) is 29.2 Å². The van der Waals surface area contributed by atoms with E-state index in [-0.39, 0.29) is 23.3 Å². The second-order valence-corrected chi connectivity index (χ2v) is 8.45. The van der Waals surface area contributed by atoms with Gasteiger partial charge in [0, 0.05) is 17.2 Å². The zero-order valence-corrected chi connectivity index (χ0v) is 13.1. The standard InChI is InChI=1S/C14H19NO3S2/c1-11-2-4-13(5-3-11)19-8-7-15-14(16)12-6-9-20(17,18)10-12/h2-5,12H,6-10H2,1H3,(H,15,16). The van der Waals surface area contributed by atoms with Crippen LogP contribution in [-0.2, 0) is 14.6 Å². The van der Waals surface area contributed by atoms with Crippen molar-refractivity contribution in [2.45, 2.75) is 18.2 Å². The van der Waals surface area contributed by atoms with Crippen LogP contribution >= 0.6 is 11.8 Å². The lowest BCUT2D eigenvalue weighted by Crippen LogP contribution is -2.32. The summed E-state index contributed by atoms with van der Waals surface area (Å²) >= 11 is 1.68. The van der Waals surface area contributed by atoms with E-state index in [0.717, 1.165) is 5.75 Å². The van der Waals surface area contributed by atoms with Crippen LogP contribution in [0.2, 0.25) is 0 Å². The number of hydrogen-bond donors (Lipinski definition) is 1. The molecule has 2 rings (SSSR count). The van der Waals surface area contributed by atoms with Crippen LogP contribution in [0.25, 0.3) is 0 Å². The average Bonchev–Trinajstić information content (AvgIpc) is 2.77. The van der Waals surface area contributed by atoms with Gasteiger partial charge < -0.3 is 5.32 Å². The minimum atomic E-state index is -2.98. The third-order valence-electron chi connectivity index (χ3n) is 3.29. The Morgan fingerprint density at radius 3 is 2.65 bits per heavy atom. The Labute approximate surface area is 124 Å². The second-order valence-electron chi connectivity index (χ2n) is 5.05. The molecule has 0 saturated carbocycles. The number of amides is 1. The number of nitrogens with one attached hydrogen (secondary N) is 1. The zero-order chi connectivity index (χ0) is 14.6. The first-order valence-corrected chi connectivity index (χ1v) is 9.44. The lowest BCUT2D eigenvalue weighted by atomic mass is 10.1. The Morgan fingerprint density at radius 1 is 1.35 bits per heavy atom. The Balaban J connectivity index is 1.68. The first-order chi connectivity index (χ1) is 9.46. The number of thioether (sulfide) groups is 1. The fourth-order valence-electron chi connectivity index (χ4n) is 2.12. The van der Waals surface area contributed by atoms with Gasteiger partial charge >= 0.3 is 0 Å². The van der Waals surface area contributed by atoms with Crippen molar-refractivity contribution in [3.05, 3.63) is 29.8 Å². The summed E-state index contributed by atoms with van der Waals surface area (Å²) in [4.78, 5) is 13.0. The maximum Gasteiger partial charge on any atom is 0.224 e. The average molecular weight is 313 g/mol. The fraction of sp³-hybridized carbons (Fsp3) is 0.500. The van der Waals surface area contributed by atoms with Gasteiger partial charge in [0.2, 0.25) is 5.91 Å². The molecule has 1 fully saturated rings. The molecule has 0 spiro atoms. The van der Waals surface area contributed by atoms with E-state index in [1.165, 1.54) is 10.5 Å². The molecule has 0 aromatic heterocycles. The highest BCUT2D eigenvalue weighted by molar-refractivity contribution is 7.99. The molecule has 1 amide bonds. The first-order valence-electron chi connectivity index (χ1n) is 6.64. The van der Waals surface area contributed by atoms with Crippen molar-refractivity contribution in [3.63, 3.8) is 0 Å². The van der Waals surface area contributed by atoms with E-state index in [2.05, 4.69) is 29.6 Å². The molecule has 1 saturated heterocycles. The molecule has 6 heteroatoms. The summed E-state index contributed by atoms with van der Waals surface area (Å²) < 4.78 is 22.6. The number of aryl methyl sites for hydroxylation is 1. The van der Waals surface area contributed by atoms with Crippen LogP contribution < -0.4 is 5.32 Å².